The minimum Gasteiger partial charge on any atom is -0.492 e. The molecular weight excluding hydrogens is 359 g/mol. The first-order valence-corrected chi connectivity index (χ1v) is 9.42. The molecular formula is C22H25FN2O3. The number of hydrogen-bond acceptors (Lipinski definition) is 4. The average Bonchev–Trinajstić information content (AvgIpc) is 2.72. The third kappa shape index (κ3) is 6.79. The molecule has 1 saturated heterocycles. The molecule has 1 aliphatic heterocycles. The molecule has 5 nitrogen and oxygen atoms in total. The highest BCUT2D eigenvalue weighted by Crippen LogP contribution is 2.13. The smallest absolute Gasteiger partial charge is 0.244 e. The lowest BCUT2D eigenvalue weighted by Gasteiger charge is -2.26. The summed E-state index contributed by atoms with van der Waals surface area (Å²) in [5, 5.41) is 2.82. The molecule has 2 aromatic carbocycles. The van der Waals surface area contributed by atoms with Crippen molar-refractivity contribution in [1.29, 1.82) is 0 Å². The van der Waals surface area contributed by atoms with E-state index in [4.69, 9.17) is 9.47 Å². The molecule has 0 aliphatic carbocycles. The van der Waals surface area contributed by atoms with E-state index in [2.05, 4.69) is 10.2 Å². The summed E-state index contributed by atoms with van der Waals surface area (Å²) in [6.45, 7) is 5.33. The number of benzene rings is 2. The highest BCUT2D eigenvalue weighted by molar-refractivity contribution is 5.91. The van der Waals surface area contributed by atoms with Gasteiger partial charge in [-0.25, -0.2) is 4.39 Å². The minimum absolute atomic E-state index is 0.233. The van der Waals surface area contributed by atoms with E-state index in [9.17, 15) is 9.18 Å². The van der Waals surface area contributed by atoms with E-state index in [1.54, 1.807) is 18.2 Å². The molecule has 1 amide bonds. The lowest BCUT2D eigenvalue weighted by Crippen LogP contribution is -2.38. The normalized spacial score (nSPS) is 14.9. The fourth-order valence-corrected chi connectivity index (χ4v) is 2.89. The predicted molar refractivity (Wildman–Crippen MR) is 106 cm³/mol. The fourth-order valence-electron chi connectivity index (χ4n) is 2.89. The van der Waals surface area contributed by atoms with Crippen molar-refractivity contribution in [3.63, 3.8) is 0 Å². The number of nitrogens with one attached hydrogen (secondary N) is 1. The summed E-state index contributed by atoms with van der Waals surface area (Å²) in [4.78, 5) is 14.3. The predicted octanol–water partition coefficient (Wildman–Crippen LogP) is 2.87. The quantitative estimate of drug-likeness (QED) is 0.711. The van der Waals surface area contributed by atoms with Crippen LogP contribution >= 0.6 is 0 Å². The summed E-state index contributed by atoms with van der Waals surface area (Å²) in [6, 6.07) is 13.8. The molecule has 0 radical (unpaired) electrons. The lowest BCUT2D eigenvalue weighted by molar-refractivity contribution is -0.116. The molecule has 0 bridgehead atoms. The molecule has 28 heavy (non-hydrogen) atoms. The van der Waals surface area contributed by atoms with Gasteiger partial charge in [0.25, 0.3) is 0 Å². The first kappa shape index (κ1) is 20.0. The maximum atomic E-state index is 13.1. The van der Waals surface area contributed by atoms with Gasteiger partial charge in [0.15, 0.2) is 0 Å². The van der Waals surface area contributed by atoms with E-state index in [1.807, 2.05) is 24.3 Å². The zero-order chi connectivity index (χ0) is 19.6. The zero-order valence-electron chi connectivity index (χ0n) is 15.8. The van der Waals surface area contributed by atoms with Gasteiger partial charge in [0, 0.05) is 32.3 Å². The summed E-state index contributed by atoms with van der Waals surface area (Å²) in [6.07, 6.45) is 2.99. The summed E-state index contributed by atoms with van der Waals surface area (Å²) < 4.78 is 24.3. The first-order valence-electron chi connectivity index (χ1n) is 9.42. The van der Waals surface area contributed by atoms with Crippen LogP contribution in [0.25, 0.3) is 6.08 Å². The number of ether oxygens (including phenoxy) is 2. The van der Waals surface area contributed by atoms with Crippen LogP contribution in [0.4, 0.5) is 4.39 Å². The molecule has 6 heteroatoms. The Bertz CT molecular complexity index is 804. The van der Waals surface area contributed by atoms with Gasteiger partial charge in [0.05, 0.1) is 13.2 Å². The molecule has 0 unspecified atom stereocenters. The van der Waals surface area contributed by atoms with Crippen LogP contribution in [0, 0.1) is 5.82 Å². The summed E-state index contributed by atoms with van der Waals surface area (Å²) in [5.74, 6) is 0.228. The van der Waals surface area contributed by atoms with Crippen molar-refractivity contribution in [1.82, 2.24) is 10.2 Å². The van der Waals surface area contributed by atoms with Crippen LogP contribution in [0.15, 0.2) is 54.6 Å². The number of amides is 1. The second kappa shape index (κ2) is 10.6. The average molecular weight is 384 g/mol. The largest absolute Gasteiger partial charge is 0.492 e. The molecule has 148 valence electrons. The molecule has 2 aromatic rings. The van der Waals surface area contributed by atoms with Crippen molar-refractivity contribution in [3.05, 3.63) is 71.6 Å². The number of carbonyl (C=O) groups excluding carboxylic acids is 1. The Kier molecular flexibility index (Phi) is 7.58. The molecule has 3 rings (SSSR count). The van der Waals surface area contributed by atoms with Crippen molar-refractivity contribution in [2.24, 2.45) is 0 Å². The second-order valence-electron chi connectivity index (χ2n) is 6.56. The molecule has 0 aromatic heterocycles. The third-order valence-electron chi connectivity index (χ3n) is 4.42. The van der Waals surface area contributed by atoms with E-state index in [0.717, 1.165) is 44.2 Å². The Labute approximate surface area is 164 Å². The van der Waals surface area contributed by atoms with Crippen LogP contribution in [0.2, 0.25) is 0 Å². The Morgan fingerprint density at radius 1 is 1.18 bits per heavy atom. The van der Waals surface area contributed by atoms with Crippen molar-refractivity contribution in [2.45, 2.75) is 6.54 Å². The molecule has 1 N–H and O–H groups in total. The van der Waals surface area contributed by atoms with Gasteiger partial charge >= 0.3 is 0 Å². The Balaban J connectivity index is 1.42. The number of morpholine rings is 1. The molecule has 1 fully saturated rings. The number of rotatable bonds is 8. The van der Waals surface area contributed by atoms with Gasteiger partial charge in [-0.15, -0.1) is 0 Å². The van der Waals surface area contributed by atoms with Crippen molar-refractivity contribution in [2.75, 3.05) is 39.5 Å². The van der Waals surface area contributed by atoms with Crippen LogP contribution in [0.5, 0.6) is 5.75 Å². The van der Waals surface area contributed by atoms with Crippen LogP contribution in [-0.2, 0) is 16.1 Å². The van der Waals surface area contributed by atoms with E-state index in [-0.39, 0.29) is 11.7 Å². The highest BCUT2D eigenvalue weighted by atomic mass is 19.1. The maximum absolute atomic E-state index is 13.1. The summed E-state index contributed by atoms with van der Waals surface area (Å²) >= 11 is 0. The summed E-state index contributed by atoms with van der Waals surface area (Å²) in [5.41, 5.74) is 1.60. The molecule has 0 spiro atoms. The number of halogens is 1. The van der Waals surface area contributed by atoms with E-state index >= 15 is 0 Å². The van der Waals surface area contributed by atoms with Crippen molar-refractivity contribution in [3.8, 4) is 5.75 Å². The van der Waals surface area contributed by atoms with Crippen LogP contribution < -0.4 is 10.1 Å². The Hall–Kier alpha value is -2.70. The standard InChI is InChI=1S/C22H25FN2O3/c23-20-5-1-3-18(15-20)7-8-22(26)24-17-19-4-2-6-21(16-19)28-14-11-25-9-12-27-13-10-25/h1-8,15-16H,9-14,17H2,(H,24,26)/b8-7+. The van der Waals surface area contributed by atoms with Crippen LogP contribution in [0.1, 0.15) is 11.1 Å². The lowest BCUT2D eigenvalue weighted by atomic mass is 10.2. The Morgan fingerprint density at radius 3 is 2.82 bits per heavy atom. The monoisotopic (exact) mass is 384 g/mol. The molecule has 0 atom stereocenters. The third-order valence-corrected chi connectivity index (χ3v) is 4.42. The summed E-state index contributed by atoms with van der Waals surface area (Å²) in [7, 11) is 0. The van der Waals surface area contributed by atoms with Crippen LogP contribution in [0.3, 0.4) is 0 Å². The van der Waals surface area contributed by atoms with Gasteiger partial charge in [-0.2, -0.15) is 0 Å². The topological polar surface area (TPSA) is 50.8 Å². The van der Waals surface area contributed by atoms with Crippen molar-refractivity contribution >= 4 is 12.0 Å². The number of nitrogens with zero attached hydrogens (tertiary/aromatic N) is 1. The van der Waals surface area contributed by atoms with Gasteiger partial charge in [-0.1, -0.05) is 24.3 Å². The fraction of sp³-hybridized carbons (Fsp3) is 0.318. The van der Waals surface area contributed by atoms with Gasteiger partial charge in [0.2, 0.25) is 5.91 Å². The van der Waals surface area contributed by atoms with Crippen molar-refractivity contribution < 1.29 is 18.7 Å². The Morgan fingerprint density at radius 2 is 2.00 bits per heavy atom. The van der Waals surface area contributed by atoms with Gasteiger partial charge < -0.3 is 14.8 Å². The number of carbonyl (C=O) groups is 1. The second-order valence-corrected chi connectivity index (χ2v) is 6.56. The van der Waals surface area contributed by atoms with E-state index in [1.165, 1.54) is 18.2 Å². The van der Waals surface area contributed by atoms with Gasteiger partial charge in [0.1, 0.15) is 18.2 Å². The van der Waals surface area contributed by atoms with Gasteiger partial charge in [-0.3, -0.25) is 9.69 Å². The molecule has 1 aliphatic rings. The minimum atomic E-state index is -0.326. The maximum Gasteiger partial charge on any atom is 0.244 e. The SMILES string of the molecule is O=C(/C=C/c1cccc(F)c1)NCc1cccc(OCCN2CCOCC2)c1. The molecule has 0 saturated carbocycles. The zero-order valence-corrected chi connectivity index (χ0v) is 15.8. The number of hydrogen-bond donors (Lipinski definition) is 1. The van der Waals surface area contributed by atoms with E-state index < -0.39 is 0 Å². The van der Waals surface area contributed by atoms with Crippen LogP contribution in [-0.4, -0.2) is 50.3 Å². The van der Waals surface area contributed by atoms with Gasteiger partial charge in [-0.05, 0) is 41.5 Å². The highest BCUT2D eigenvalue weighted by Gasteiger charge is 2.09. The molecule has 1 heterocycles. The first-order chi connectivity index (χ1) is 13.7. The van der Waals surface area contributed by atoms with E-state index in [0.29, 0.717) is 18.7 Å².